The van der Waals surface area contributed by atoms with Crippen LogP contribution in [-0.2, 0) is 6.54 Å². The number of halogens is 1. The van der Waals surface area contributed by atoms with Crippen molar-refractivity contribution in [1.82, 2.24) is 19.7 Å². The molecule has 6 nitrogen and oxygen atoms in total. The lowest BCUT2D eigenvalue weighted by Crippen LogP contribution is -2.36. The summed E-state index contributed by atoms with van der Waals surface area (Å²) in [7, 11) is 0. The highest BCUT2D eigenvalue weighted by atomic mass is 35.5. The lowest BCUT2D eigenvalue weighted by atomic mass is 10.1. The van der Waals surface area contributed by atoms with Gasteiger partial charge in [-0.3, -0.25) is 14.3 Å². The normalized spacial score (nSPS) is 12.0. The molecule has 1 aromatic carbocycles. The average molecular weight is 385 g/mol. The molecule has 140 valence electrons. The van der Waals surface area contributed by atoms with E-state index in [0.717, 1.165) is 5.56 Å². The third-order valence-electron chi connectivity index (χ3n) is 4.48. The van der Waals surface area contributed by atoms with Crippen LogP contribution < -0.4 is 10.9 Å². The fourth-order valence-corrected chi connectivity index (χ4v) is 3.10. The molecule has 7 heteroatoms. The van der Waals surface area contributed by atoms with Gasteiger partial charge in [0.05, 0.1) is 23.8 Å². The van der Waals surface area contributed by atoms with Crippen molar-refractivity contribution in [2.75, 3.05) is 6.54 Å². The second-order valence-corrected chi connectivity index (χ2v) is 6.79. The van der Waals surface area contributed by atoms with E-state index >= 15 is 0 Å². The van der Waals surface area contributed by atoms with E-state index in [1.165, 1.54) is 6.20 Å². The summed E-state index contributed by atoms with van der Waals surface area (Å²) < 4.78 is 3.22. The van der Waals surface area contributed by atoms with Crippen LogP contribution in [-0.4, -0.2) is 26.8 Å². The molecule has 2 heterocycles. The maximum absolute atomic E-state index is 12.9. The first-order chi connectivity index (χ1) is 13.0. The van der Waals surface area contributed by atoms with Crippen LogP contribution in [0.4, 0.5) is 0 Å². The zero-order chi connectivity index (χ0) is 19.4. The zero-order valence-corrected chi connectivity index (χ0v) is 16.0. The third-order valence-corrected chi connectivity index (χ3v) is 4.68. The molecule has 27 heavy (non-hydrogen) atoms. The summed E-state index contributed by atoms with van der Waals surface area (Å²) in [6, 6.07) is 11.3. The summed E-state index contributed by atoms with van der Waals surface area (Å²) >= 11 is 5.82. The van der Waals surface area contributed by atoms with Gasteiger partial charge in [0, 0.05) is 18.9 Å². The molecule has 1 amide bonds. The van der Waals surface area contributed by atoms with E-state index in [9.17, 15) is 9.59 Å². The largest absolute Gasteiger partial charge is 0.350 e. The van der Waals surface area contributed by atoms with Crippen LogP contribution in [0.15, 0.2) is 59.8 Å². The number of aromatic nitrogens is 3. The Morgan fingerprint density at radius 1 is 1.26 bits per heavy atom. The number of benzene rings is 1. The van der Waals surface area contributed by atoms with E-state index in [1.807, 2.05) is 37.3 Å². The molecule has 2 aromatic heterocycles. The Labute approximate surface area is 162 Å². The zero-order valence-electron chi connectivity index (χ0n) is 15.2. The summed E-state index contributed by atoms with van der Waals surface area (Å²) in [4.78, 5) is 25.6. The molecule has 3 aromatic rings. The number of aryl methyl sites for hydroxylation is 1. The molecule has 1 N–H and O–H groups in total. The number of nitrogens with zero attached hydrogens (tertiary/aromatic N) is 3. The molecule has 0 bridgehead atoms. The fourth-order valence-electron chi connectivity index (χ4n) is 2.95. The molecule has 0 aliphatic rings. The Morgan fingerprint density at radius 2 is 2.00 bits per heavy atom. The smallest absolute Gasteiger partial charge is 0.264 e. The fraction of sp³-hybridized carbons (Fsp3) is 0.250. The molecule has 0 saturated carbocycles. The quantitative estimate of drug-likeness (QED) is 0.710. The van der Waals surface area contributed by atoms with Crippen LogP contribution in [0.2, 0.25) is 5.02 Å². The molecule has 0 aliphatic heterocycles. The monoisotopic (exact) mass is 384 g/mol. The molecule has 0 fully saturated rings. The number of hydrogen-bond donors (Lipinski definition) is 1. The Bertz CT molecular complexity index is 995. The van der Waals surface area contributed by atoms with Gasteiger partial charge in [0.25, 0.3) is 11.5 Å². The van der Waals surface area contributed by atoms with Crippen molar-refractivity contribution >= 4 is 17.5 Å². The van der Waals surface area contributed by atoms with E-state index in [4.69, 9.17) is 11.6 Å². The van der Waals surface area contributed by atoms with Gasteiger partial charge in [0.2, 0.25) is 0 Å². The molecule has 0 aliphatic carbocycles. The molecule has 0 spiro atoms. The number of rotatable bonds is 6. The first kappa shape index (κ1) is 18.9. The van der Waals surface area contributed by atoms with Crippen molar-refractivity contribution in [3.05, 3.63) is 87.1 Å². The highest BCUT2D eigenvalue weighted by Crippen LogP contribution is 2.16. The van der Waals surface area contributed by atoms with E-state index < -0.39 is 0 Å². The van der Waals surface area contributed by atoms with Crippen molar-refractivity contribution in [3.8, 4) is 0 Å². The predicted octanol–water partition coefficient (Wildman–Crippen LogP) is 3.05. The summed E-state index contributed by atoms with van der Waals surface area (Å²) in [5.74, 6) is -0.384. The average Bonchev–Trinajstić information content (AvgIpc) is 3.07. The van der Waals surface area contributed by atoms with Crippen molar-refractivity contribution in [1.29, 1.82) is 0 Å². The Morgan fingerprint density at radius 3 is 2.67 bits per heavy atom. The number of pyridine rings is 1. The van der Waals surface area contributed by atoms with E-state index in [-0.39, 0.29) is 23.1 Å². The second kappa shape index (κ2) is 8.22. The van der Waals surface area contributed by atoms with E-state index in [2.05, 4.69) is 10.4 Å². The number of amides is 1. The summed E-state index contributed by atoms with van der Waals surface area (Å²) in [5, 5.41) is 7.39. The van der Waals surface area contributed by atoms with Gasteiger partial charge in [0.15, 0.2) is 0 Å². The van der Waals surface area contributed by atoms with Crippen molar-refractivity contribution in [2.45, 2.75) is 26.4 Å². The van der Waals surface area contributed by atoms with Crippen molar-refractivity contribution in [2.24, 2.45) is 0 Å². The maximum Gasteiger partial charge on any atom is 0.264 e. The van der Waals surface area contributed by atoms with Crippen LogP contribution in [0.25, 0.3) is 0 Å². The lowest BCUT2D eigenvalue weighted by Gasteiger charge is -2.17. The topological polar surface area (TPSA) is 68.9 Å². The molecule has 1 atom stereocenters. The van der Waals surface area contributed by atoms with Gasteiger partial charge in [-0.25, -0.2) is 0 Å². The first-order valence-electron chi connectivity index (χ1n) is 8.70. The molecule has 1 unspecified atom stereocenters. The lowest BCUT2D eigenvalue weighted by molar-refractivity contribution is 0.0949. The van der Waals surface area contributed by atoms with Crippen LogP contribution >= 0.6 is 11.6 Å². The number of carbonyl (C=O) groups excluding carboxylic acids is 1. The van der Waals surface area contributed by atoms with Crippen LogP contribution in [0.3, 0.4) is 0 Å². The van der Waals surface area contributed by atoms with Gasteiger partial charge in [-0.15, -0.1) is 0 Å². The van der Waals surface area contributed by atoms with Gasteiger partial charge < -0.3 is 9.88 Å². The summed E-state index contributed by atoms with van der Waals surface area (Å²) in [6.07, 6.45) is 4.95. The highest BCUT2D eigenvalue weighted by molar-refractivity contribution is 6.30. The molecular weight excluding hydrogens is 364 g/mol. The van der Waals surface area contributed by atoms with Gasteiger partial charge in [0.1, 0.15) is 5.56 Å². The second-order valence-electron chi connectivity index (χ2n) is 6.35. The van der Waals surface area contributed by atoms with Crippen LogP contribution in [0, 0.1) is 6.92 Å². The number of carbonyl (C=O) groups is 1. The third kappa shape index (κ3) is 4.28. The van der Waals surface area contributed by atoms with Gasteiger partial charge in [-0.05, 0) is 31.0 Å². The Kier molecular flexibility index (Phi) is 5.76. The minimum atomic E-state index is -0.384. The van der Waals surface area contributed by atoms with Crippen molar-refractivity contribution in [3.63, 3.8) is 0 Å². The minimum absolute atomic E-state index is 0.166. The standard InChI is InChI=1S/C20H21ClN4O2/c1-14-8-10-25(15(2)16-6-4-3-5-7-16)20(27)18(14)19(26)22-9-11-24-13-17(21)12-23-24/h3-8,10,12-13,15H,9,11H2,1-2H3,(H,22,26). The van der Waals surface area contributed by atoms with Crippen molar-refractivity contribution < 1.29 is 4.79 Å². The Balaban J connectivity index is 1.78. The van der Waals surface area contributed by atoms with E-state index in [0.29, 0.717) is 23.7 Å². The molecule has 0 radical (unpaired) electrons. The Hall–Kier alpha value is -2.86. The molecule has 0 saturated heterocycles. The highest BCUT2D eigenvalue weighted by Gasteiger charge is 2.18. The minimum Gasteiger partial charge on any atom is -0.350 e. The molecular formula is C20H21ClN4O2. The van der Waals surface area contributed by atoms with E-state index in [1.54, 1.807) is 34.6 Å². The number of hydrogen-bond acceptors (Lipinski definition) is 3. The van der Waals surface area contributed by atoms with Crippen LogP contribution in [0.1, 0.15) is 34.5 Å². The van der Waals surface area contributed by atoms with Crippen LogP contribution in [0.5, 0.6) is 0 Å². The van der Waals surface area contributed by atoms with Gasteiger partial charge in [-0.1, -0.05) is 41.9 Å². The summed E-state index contributed by atoms with van der Waals surface area (Å²) in [5.41, 5.74) is 1.52. The predicted molar refractivity (Wildman–Crippen MR) is 105 cm³/mol. The SMILES string of the molecule is Cc1ccn(C(C)c2ccccc2)c(=O)c1C(=O)NCCn1cc(Cl)cn1. The number of nitrogens with one attached hydrogen (secondary N) is 1. The maximum atomic E-state index is 12.9. The van der Waals surface area contributed by atoms with Gasteiger partial charge in [-0.2, -0.15) is 5.10 Å². The first-order valence-corrected chi connectivity index (χ1v) is 9.08. The summed E-state index contributed by atoms with van der Waals surface area (Å²) in [6.45, 7) is 4.52. The molecule has 3 rings (SSSR count). The van der Waals surface area contributed by atoms with Gasteiger partial charge >= 0.3 is 0 Å².